The van der Waals surface area contributed by atoms with Crippen LogP contribution >= 0.6 is 11.6 Å². The van der Waals surface area contributed by atoms with Crippen molar-refractivity contribution in [3.63, 3.8) is 0 Å². The van der Waals surface area contributed by atoms with Gasteiger partial charge in [0.2, 0.25) is 0 Å². The predicted octanol–water partition coefficient (Wildman–Crippen LogP) is 3.47. The average Bonchev–Trinajstić information content (AvgIpc) is 3.06. The van der Waals surface area contributed by atoms with Crippen LogP contribution in [0.5, 0.6) is 0 Å². The van der Waals surface area contributed by atoms with Gasteiger partial charge in [0.05, 0.1) is 18.8 Å². The fraction of sp³-hybridized carbons (Fsp3) is 0.250. The zero-order chi connectivity index (χ0) is 18.5. The first-order valence-corrected chi connectivity index (χ1v) is 8.79. The Morgan fingerprint density at radius 3 is 2.92 bits per heavy atom. The lowest BCUT2D eigenvalue weighted by Crippen LogP contribution is -2.23. The lowest BCUT2D eigenvalue weighted by molar-refractivity contribution is 0.0601. The topological polar surface area (TPSA) is 74.3 Å². The normalized spacial score (nSPS) is 12.3. The summed E-state index contributed by atoms with van der Waals surface area (Å²) < 4.78 is 4.74. The smallest absolute Gasteiger partial charge is 0.337 e. The Labute approximate surface area is 156 Å². The van der Waals surface area contributed by atoms with E-state index in [4.69, 9.17) is 16.3 Å². The first kappa shape index (κ1) is 18.5. The number of H-pyrrole nitrogens is 1. The molecule has 0 saturated carbocycles. The van der Waals surface area contributed by atoms with Crippen LogP contribution in [-0.2, 0) is 11.2 Å². The number of halogens is 1. The van der Waals surface area contributed by atoms with E-state index < -0.39 is 6.10 Å². The van der Waals surface area contributed by atoms with Gasteiger partial charge in [-0.25, -0.2) is 4.79 Å². The summed E-state index contributed by atoms with van der Waals surface area (Å²) in [6.45, 7) is 1.18. The number of benzene rings is 2. The number of aliphatic hydroxyl groups excluding tert-OH is 1. The summed E-state index contributed by atoms with van der Waals surface area (Å²) in [5.41, 5.74) is 3.38. The van der Waals surface area contributed by atoms with Gasteiger partial charge in [-0.05, 0) is 48.4 Å². The first-order chi connectivity index (χ1) is 12.6. The minimum atomic E-state index is -0.598. The summed E-state index contributed by atoms with van der Waals surface area (Å²) >= 11 is 5.95. The number of methoxy groups -OCH3 is 1. The molecule has 3 aromatic rings. The minimum Gasteiger partial charge on any atom is -0.465 e. The molecule has 3 N–H and O–H groups in total. The Morgan fingerprint density at radius 1 is 1.31 bits per heavy atom. The number of carbonyl (C=O) groups excluding carboxylic acids is 1. The molecule has 0 saturated heterocycles. The molecule has 3 rings (SSSR count). The molecule has 1 atom stereocenters. The molecule has 0 spiro atoms. The quantitative estimate of drug-likeness (QED) is 0.438. The van der Waals surface area contributed by atoms with Crippen molar-refractivity contribution >= 4 is 28.5 Å². The van der Waals surface area contributed by atoms with Crippen LogP contribution in [0.1, 0.15) is 27.6 Å². The minimum absolute atomic E-state index is 0.347. The number of nitrogens with one attached hydrogen (secondary N) is 2. The van der Waals surface area contributed by atoms with E-state index in [0.717, 1.165) is 35.0 Å². The highest BCUT2D eigenvalue weighted by molar-refractivity contribution is 6.30. The van der Waals surface area contributed by atoms with Crippen molar-refractivity contribution in [1.82, 2.24) is 10.3 Å². The average molecular weight is 373 g/mol. The van der Waals surface area contributed by atoms with Crippen molar-refractivity contribution in [2.75, 3.05) is 20.2 Å². The maximum Gasteiger partial charge on any atom is 0.337 e. The Hall–Kier alpha value is -2.34. The zero-order valence-electron chi connectivity index (χ0n) is 14.5. The van der Waals surface area contributed by atoms with Crippen LogP contribution in [0.3, 0.4) is 0 Å². The lowest BCUT2D eigenvalue weighted by Gasteiger charge is -2.12. The Morgan fingerprint density at radius 2 is 2.15 bits per heavy atom. The number of aliphatic hydroxyl groups is 1. The van der Waals surface area contributed by atoms with Crippen LogP contribution in [0, 0.1) is 0 Å². The van der Waals surface area contributed by atoms with Crippen molar-refractivity contribution in [3.8, 4) is 0 Å². The number of esters is 1. The Bertz CT molecular complexity index is 907. The van der Waals surface area contributed by atoms with Crippen LogP contribution in [0.15, 0.2) is 48.7 Å². The number of hydrogen-bond acceptors (Lipinski definition) is 4. The number of hydrogen-bond donors (Lipinski definition) is 3. The van der Waals surface area contributed by atoms with Gasteiger partial charge in [-0.1, -0.05) is 29.8 Å². The van der Waals surface area contributed by atoms with E-state index in [1.165, 1.54) is 7.11 Å². The Balaban J connectivity index is 1.56. The van der Waals surface area contributed by atoms with E-state index in [1.54, 1.807) is 24.3 Å². The molecule has 0 aliphatic rings. The third kappa shape index (κ3) is 4.25. The second-order valence-corrected chi connectivity index (χ2v) is 6.53. The molecule has 1 unspecified atom stereocenters. The molecule has 0 amide bonds. The van der Waals surface area contributed by atoms with E-state index in [1.807, 2.05) is 24.4 Å². The molecule has 1 heterocycles. The van der Waals surface area contributed by atoms with Crippen LogP contribution in [0.4, 0.5) is 0 Å². The van der Waals surface area contributed by atoms with Crippen LogP contribution in [0.25, 0.3) is 10.9 Å². The van der Waals surface area contributed by atoms with Crippen LogP contribution in [-0.4, -0.2) is 36.3 Å². The summed E-state index contributed by atoms with van der Waals surface area (Å²) in [6, 6.07) is 12.7. The Kier molecular flexibility index (Phi) is 5.93. The molecule has 0 radical (unpaired) electrons. The molecule has 0 aliphatic carbocycles. The van der Waals surface area contributed by atoms with Gasteiger partial charge >= 0.3 is 5.97 Å². The predicted molar refractivity (Wildman–Crippen MR) is 103 cm³/mol. The van der Waals surface area contributed by atoms with E-state index in [2.05, 4.69) is 10.3 Å². The van der Waals surface area contributed by atoms with Crippen molar-refractivity contribution in [2.45, 2.75) is 12.5 Å². The molecule has 1 aromatic heterocycles. The van der Waals surface area contributed by atoms with Gasteiger partial charge in [0.15, 0.2) is 0 Å². The third-order valence-electron chi connectivity index (χ3n) is 4.33. The highest BCUT2D eigenvalue weighted by atomic mass is 35.5. The van der Waals surface area contributed by atoms with E-state index in [9.17, 15) is 9.90 Å². The standard InChI is InChI=1S/C20H21ClN2O3/c1-26-20(25)14-5-6-17-15(11-23-18(17)10-14)7-8-22-12-19(24)13-3-2-4-16(21)9-13/h2-6,9-11,19,22-24H,7-8,12H2,1H3. The number of aromatic nitrogens is 1. The SMILES string of the molecule is COC(=O)c1ccc2c(CCNCC(O)c3cccc(Cl)c3)c[nH]c2c1. The maximum atomic E-state index is 11.6. The molecular formula is C20H21ClN2O3. The van der Waals surface area contributed by atoms with Gasteiger partial charge in [0, 0.05) is 28.7 Å². The molecule has 26 heavy (non-hydrogen) atoms. The molecule has 136 valence electrons. The van der Waals surface area contributed by atoms with Crippen molar-refractivity contribution in [3.05, 3.63) is 70.4 Å². The molecule has 2 aromatic carbocycles. The van der Waals surface area contributed by atoms with E-state index >= 15 is 0 Å². The molecular weight excluding hydrogens is 352 g/mol. The van der Waals surface area contributed by atoms with Gasteiger partial charge in [0.1, 0.15) is 0 Å². The highest BCUT2D eigenvalue weighted by Crippen LogP contribution is 2.21. The van der Waals surface area contributed by atoms with Gasteiger partial charge < -0.3 is 20.1 Å². The van der Waals surface area contributed by atoms with Crippen molar-refractivity contribution < 1.29 is 14.6 Å². The zero-order valence-corrected chi connectivity index (χ0v) is 15.2. The van der Waals surface area contributed by atoms with Crippen molar-refractivity contribution in [2.24, 2.45) is 0 Å². The third-order valence-corrected chi connectivity index (χ3v) is 4.57. The number of aromatic amines is 1. The fourth-order valence-electron chi connectivity index (χ4n) is 2.93. The van der Waals surface area contributed by atoms with Crippen molar-refractivity contribution in [1.29, 1.82) is 0 Å². The fourth-order valence-corrected chi connectivity index (χ4v) is 3.13. The highest BCUT2D eigenvalue weighted by Gasteiger charge is 2.10. The number of rotatable bonds is 7. The summed E-state index contributed by atoms with van der Waals surface area (Å²) in [6.07, 6.45) is 2.15. The molecule has 0 fully saturated rings. The molecule has 0 bridgehead atoms. The van der Waals surface area contributed by atoms with Crippen LogP contribution < -0.4 is 5.32 Å². The summed E-state index contributed by atoms with van der Waals surface area (Å²) in [5, 5.41) is 15.2. The number of fused-ring (bicyclic) bond motifs is 1. The second kappa shape index (κ2) is 8.36. The molecule has 5 nitrogen and oxygen atoms in total. The molecule has 6 heteroatoms. The monoisotopic (exact) mass is 372 g/mol. The van der Waals surface area contributed by atoms with E-state index in [-0.39, 0.29) is 5.97 Å². The van der Waals surface area contributed by atoms with Gasteiger partial charge in [0.25, 0.3) is 0 Å². The maximum absolute atomic E-state index is 11.6. The number of carbonyl (C=O) groups is 1. The lowest BCUT2D eigenvalue weighted by atomic mass is 10.1. The van der Waals surface area contributed by atoms with Gasteiger partial charge in [-0.2, -0.15) is 0 Å². The van der Waals surface area contributed by atoms with Gasteiger partial charge in [-0.15, -0.1) is 0 Å². The largest absolute Gasteiger partial charge is 0.465 e. The van der Waals surface area contributed by atoms with Gasteiger partial charge in [-0.3, -0.25) is 0 Å². The summed E-state index contributed by atoms with van der Waals surface area (Å²) in [7, 11) is 1.37. The summed E-state index contributed by atoms with van der Waals surface area (Å²) in [5.74, 6) is -0.347. The first-order valence-electron chi connectivity index (χ1n) is 8.41. The second-order valence-electron chi connectivity index (χ2n) is 6.09. The van der Waals surface area contributed by atoms with E-state index in [0.29, 0.717) is 17.1 Å². The molecule has 0 aliphatic heterocycles. The van der Waals surface area contributed by atoms with Crippen LogP contribution in [0.2, 0.25) is 5.02 Å². The number of ether oxygens (including phenoxy) is 1. The summed E-state index contributed by atoms with van der Waals surface area (Å²) in [4.78, 5) is 14.8.